The Morgan fingerprint density at radius 1 is 1.58 bits per heavy atom. The van der Waals surface area contributed by atoms with Crippen molar-refractivity contribution in [2.24, 2.45) is 0 Å². The monoisotopic (exact) mass is 181 g/mol. The Balaban J connectivity index is 2.43. The van der Waals surface area contributed by atoms with Crippen LogP contribution in [0.3, 0.4) is 0 Å². The van der Waals surface area contributed by atoms with E-state index in [4.69, 9.17) is 10.2 Å². The van der Waals surface area contributed by atoms with Crippen molar-refractivity contribution in [3.63, 3.8) is 0 Å². The Kier molecular flexibility index (Phi) is 1.58. The van der Waals surface area contributed by atoms with Gasteiger partial charge in [-0.05, 0) is 24.5 Å². The quantitative estimate of drug-likeness (QED) is 0.727. The van der Waals surface area contributed by atoms with Gasteiger partial charge in [0.1, 0.15) is 17.0 Å². The van der Waals surface area contributed by atoms with Crippen LogP contribution in [-0.2, 0) is 0 Å². The fourth-order valence-corrected chi connectivity index (χ4v) is 1.48. The average molecular weight is 181 g/mol. The molecule has 2 aromatic heterocycles. The van der Waals surface area contributed by atoms with Crippen molar-refractivity contribution < 1.29 is 4.42 Å². The smallest absolute Gasteiger partial charge is 0.232 e. The zero-order chi connectivity index (χ0) is 8.55. The second-order valence-corrected chi connectivity index (χ2v) is 3.16. The van der Waals surface area contributed by atoms with E-state index in [9.17, 15) is 0 Å². The van der Waals surface area contributed by atoms with Gasteiger partial charge in [-0.25, -0.2) is 0 Å². The lowest BCUT2D eigenvalue weighted by molar-refractivity contribution is 0.535. The molecule has 0 aliphatic carbocycles. The maximum Gasteiger partial charge on any atom is 0.232 e. The van der Waals surface area contributed by atoms with Crippen LogP contribution in [-0.4, -0.2) is 9.36 Å². The number of aryl methyl sites for hydroxylation is 1. The summed E-state index contributed by atoms with van der Waals surface area (Å²) in [5.74, 6) is 1.17. The zero-order valence-corrected chi connectivity index (χ0v) is 7.26. The van der Waals surface area contributed by atoms with Gasteiger partial charge in [0.05, 0.1) is 5.56 Å². The summed E-state index contributed by atoms with van der Waals surface area (Å²) in [6.45, 7) is 1.88. The lowest BCUT2D eigenvalue weighted by Gasteiger charge is -1.81. The topological polar surface area (TPSA) is 64.9 Å². The van der Waals surface area contributed by atoms with Gasteiger partial charge in [-0.3, -0.25) is 0 Å². The van der Waals surface area contributed by atoms with E-state index in [0.717, 1.165) is 16.3 Å². The van der Waals surface area contributed by atoms with Gasteiger partial charge in [-0.1, -0.05) is 0 Å². The predicted octanol–water partition coefficient (Wildman–Crippen LogP) is 1.69. The molecular formula is C7H7N3OS. The van der Waals surface area contributed by atoms with Crippen molar-refractivity contribution in [1.82, 2.24) is 9.36 Å². The first-order valence-corrected chi connectivity index (χ1v) is 4.18. The summed E-state index contributed by atoms with van der Waals surface area (Å²) in [4.78, 5) is 4.02. The lowest BCUT2D eigenvalue weighted by Crippen LogP contribution is -1.84. The number of aromatic nitrogens is 2. The Morgan fingerprint density at radius 3 is 2.92 bits per heavy atom. The van der Waals surface area contributed by atoms with Crippen molar-refractivity contribution >= 4 is 17.5 Å². The van der Waals surface area contributed by atoms with Gasteiger partial charge in [0.15, 0.2) is 0 Å². The standard InChI is InChI=1S/C7H7N3OS/c1-4-2-5(3-11-4)6-9-7(8)10-12-6/h2-3H,1H3,(H2,8,10). The number of anilines is 1. The first kappa shape index (κ1) is 7.30. The molecule has 0 aliphatic heterocycles. The molecule has 2 N–H and O–H groups in total. The first-order valence-electron chi connectivity index (χ1n) is 3.40. The van der Waals surface area contributed by atoms with Crippen LogP contribution in [0.2, 0.25) is 0 Å². The molecule has 62 valence electrons. The number of nitrogens with two attached hydrogens (primary N) is 1. The molecule has 0 unspecified atom stereocenters. The molecule has 0 saturated carbocycles. The molecule has 2 rings (SSSR count). The second-order valence-electron chi connectivity index (χ2n) is 2.40. The van der Waals surface area contributed by atoms with Crippen LogP contribution in [0.15, 0.2) is 16.7 Å². The maximum absolute atomic E-state index is 5.38. The molecule has 0 aromatic carbocycles. The van der Waals surface area contributed by atoms with Gasteiger partial charge in [-0.2, -0.15) is 9.36 Å². The Bertz CT molecular complexity index is 355. The minimum absolute atomic E-state index is 0.314. The third-order valence-electron chi connectivity index (χ3n) is 1.42. The summed E-state index contributed by atoms with van der Waals surface area (Å²) >= 11 is 1.27. The number of hydrogen-bond acceptors (Lipinski definition) is 5. The van der Waals surface area contributed by atoms with Crippen molar-refractivity contribution in [1.29, 1.82) is 0 Å². The lowest BCUT2D eigenvalue weighted by atomic mass is 10.3. The molecular weight excluding hydrogens is 174 g/mol. The highest BCUT2D eigenvalue weighted by molar-refractivity contribution is 7.09. The van der Waals surface area contributed by atoms with E-state index >= 15 is 0 Å². The third-order valence-corrected chi connectivity index (χ3v) is 2.20. The SMILES string of the molecule is Cc1cc(-c2nc(N)ns2)co1. The number of hydrogen-bond donors (Lipinski definition) is 1. The minimum atomic E-state index is 0.314. The van der Waals surface area contributed by atoms with E-state index in [-0.39, 0.29) is 0 Å². The van der Waals surface area contributed by atoms with Crippen LogP contribution in [0.25, 0.3) is 10.6 Å². The summed E-state index contributed by atoms with van der Waals surface area (Å²) in [5.41, 5.74) is 6.31. The third kappa shape index (κ3) is 1.18. The molecule has 12 heavy (non-hydrogen) atoms. The van der Waals surface area contributed by atoms with Gasteiger partial charge in [0, 0.05) is 0 Å². The fraction of sp³-hybridized carbons (Fsp3) is 0.143. The largest absolute Gasteiger partial charge is 0.469 e. The van der Waals surface area contributed by atoms with Crippen LogP contribution in [0.5, 0.6) is 0 Å². The normalized spacial score (nSPS) is 10.4. The average Bonchev–Trinajstić information content (AvgIpc) is 2.58. The summed E-state index contributed by atoms with van der Waals surface area (Å²) < 4.78 is 9.00. The minimum Gasteiger partial charge on any atom is -0.469 e. The molecule has 2 aromatic rings. The molecule has 0 amide bonds. The highest BCUT2D eigenvalue weighted by Crippen LogP contribution is 2.23. The van der Waals surface area contributed by atoms with E-state index < -0.39 is 0 Å². The molecule has 5 heteroatoms. The fourth-order valence-electron chi connectivity index (χ4n) is 0.908. The number of furan rings is 1. The van der Waals surface area contributed by atoms with E-state index in [1.807, 2.05) is 13.0 Å². The van der Waals surface area contributed by atoms with E-state index in [1.54, 1.807) is 6.26 Å². The Morgan fingerprint density at radius 2 is 2.42 bits per heavy atom. The highest BCUT2D eigenvalue weighted by atomic mass is 32.1. The van der Waals surface area contributed by atoms with Crippen LogP contribution in [0, 0.1) is 6.92 Å². The molecule has 0 bridgehead atoms. The van der Waals surface area contributed by atoms with Crippen LogP contribution < -0.4 is 5.73 Å². The molecule has 0 spiro atoms. The van der Waals surface area contributed by atoms with Crippen LogP contribution in [0.4, 0.5) is 5.95 Å². The molecule has 0 fully saturated rings. The van der Waals surface area contributed by atoms with Crippen molar-refractivity contribution in [2.45, 2.75) is 6.92 Å². The Hall–Kier alpha value is -1.36. The van der Waals surface area contributed by atoms with Crippen molar-refractivity contribution in [3.05, 3.63) is 18.1 Å². The number of rotatable bonds is 1. The zero-order valence-electron chi connectivity index (χ0n) is 6.44. The molecule has 0 atom stereocenters. The van der Waals surface area contributed by atoms with Crippen LogP contribution >= 0.6 is 11.5 Å². The van der Waals surface area contributed by atoms with Gasteiger partial charge < -0.3 is 10.2 Å². The molecule has 0 aliphatic rings. The summed E-state index contributed by atoms with van der Waals surface area (Å²) in [5, 5.41) is 0.796. The molecule has 2 heterocycles. The number of nitrogen functional groups attached to an aromatic ring is 1. The van der Waals surface area contributed by atoms with Crippen molar-refractivity contribution in [3.8, 4) is 10.6 Å². The maximum atomic E-state index is 5.38. The van der Waals surface area contributed by atoms with Gasteiger partial charge in [-0.15, -0.1) is 0 Å². The summed E-state index contributed by atoms with van der Waals surface area (Å²) in [6, 6.07) is 1.90. The van der Waals surface area contributed by atoms with Gasteiger partial charge in [0.2, 0.25) is 5.95 Å². The Labute approximate surface area is 73.2 Å². The molecule has 0 radical (unpaired) electrons. The van der Waals surface area contributed by atoms with Crippen LogP contribution in [0.1, 0.15) is 5.76 Å². The second kappa shape index (κ2) is 2.60. The molecule has 4 nitrogen and oxygen atoms in total. The van der Waals surface area contributed by atoms with Crippen molar-refractivity contribution in [2.75, 3.05) is 5.73 Å². The highest BCUT2D eigenvalue weighted by Gasteiger charge is 2.06. The van der Waals surface area contributed by atoms with Gasteiger partial charge >= 0.3 is 0 Å². The van der Waals surface area contributed by atoms with E-state index in [2.05, 4.69) is 9.36 Å². The summed E-state index contributed by atoms with van der Waals surface area (Å²) in [6.07, 6.45) is 1.65. The molecule has 0 saturated heterocycles. The first-order chi connectivity index (χ1) is 5.75. The van der Waals surface area contributed by atoms with E-state index in [0.29, 0.717) is 5.95 Å². The summed E-state index contributed by atoms with van der Waals surface area (Å²) in [7, 11) is 0. The predicted molar refractivity (Wildman–Crippen MR) is 46.8 cm³/mol. The van der Waals surface area contributed by atoms with Gasteiger partial charge in [0.25, 0.3) is 0 Å². The van der Waals surface area contributed by atoms with E-state index in [1.165, 1.54) is 11.5 Å². The number of nitrogens with zero attached hydrogens (tertiary/aromatic N) is 2.